The van der Waals surface area contributed by atoms with E-state index in [4.69, 9.17) is 9.84 Å². The van der Waals surface area contributed by atoms with Crippen molar-refractivity contribution in [2.24, 2.45) is 0 Å². The van der Waals surface area contributed by atoms with E-state index in [1.54, 1.807) is 0 Å². The standard InChI is InChI=1S/C18H16F2N2O4/c19-9-12(10-21-18(24)25)11-26-16-7-1-13(2-8-16)17(23)22-15-5-3-14(20)4-6-15/h1-9,21H,10-11H2,(H,22,23)(H,24,25)/b12-9+. The molecule has 2 aromatic carbocycles. The maximum atomic E-state index is 12.8. The van der Waals surface area contributed by atoms with Gasteiger partial charge in [0.15, 0.2) is 0 Å². The molecule has 0 bridgehead atoms. The molecule has 0 saturated carbocycles. The van der Waals surface area contributed by atoms with Crippen LogP contribution in [0.15, 0.2) is 60.4 Å². The van der Waals surface area contributed by atoms with Crippen LogP contribution >= 0.6 is 0 Å². The van der Waals surface area contributed by atoms with Gasteiger partial charge in [-0.15, -0.1) is 0 Å². The van der Waals surface area contributed by atoms with Gasteiger partial charge in [-0.1, -0.05) is 0 Å². The summed E-state index contributed by atoms with van der Waals surface area (Å²) in [7, 11) is 0. The molecule has 0 aliphatic carbocycles. The Hall–Kier alpha value is -3.42. The Morgan fingerprint density at radius 3 is 2.31 bits per heavy atom. The van der Waals surface area contributed by atoms with Gasteiger partial charge in [0.1, 0.15) is 18.2 Å². The molecule has 0 aliphatic rings. The zero-order valence-electron chi connectivity index (χ0n) is 13.5. The lowest BCUT2D eigenvalue weighted by Gasteiger charge is -2.10. The van der Waals surface area contributed by atoms with Crippen molar-refractivity contribution in [3.63, 3.8) is 0 Å². The van der Waals surface area contributed by atoms with E-state index in [0.29, 0.717) is 17.0 Å². The number of carbonyl (C=O) groups is 2. The molecule has 0 unspecified atom stereocenters. The molecule has 8 heteroatoms. The van der Waals surface area contributed by atoms with Gasteiger partial charge >= 0.3 is 6.09 Å². The van der Waals surface area contributed by atoms with Crippen molar-refractivity contribution in [1.29, 1.82) is 0 Å². The molecule has 6 nitrogen and oxygen atoms in total. The van der Waals surface area contributed by atoms with Crippen molar-refractivity contribution < 1.29 is 28.2 Å². The second-order valence-electron chi connectivity index (χ2n) is 5.20. The average molecular weight is 362 g/mol. The number of hydrogen-bond acceptors (Lipinski definition) is 3. The molecule has 2 aromatic rings. The van der Waals surface area contributed by atoms with Crippen LogP contribution in [-0.4, -0.2) is 30.3 Å². The molecule has 0 heterocycles. The van der Waals surface area contributed by atoms with Crippen LogP contribution in [-0.2, 0) is 0 Å². The van der Waals surface area contributed by atoms with Gasteiger partial charge < -0.3 is 20.5 Å². The number of hydrogen-bond donors (Lipinski definition) is 3. The highest BCUT2D eigenvalue weighted by molar-refractivity contribution is 6.04. The molecular formula is C18H16F2N2O4. The number of benzene rings is 2. The first-order valence-corrected chi connectivity index (χ1v) is 7.52. The van der Waals surface area contributed by atoms with E-state index in [2.05, 4.69) is 5.32 Å². The molecule has 0 radical (unpaired) electrons. The minimum Gasteiger partial charge on any atom is -0.489 e. The fourth-order valence-electron chi connectivity index (χ4n) is 1.93. The van der Waals surface area contributed by atoms with Crippen LogP contribution in [0, 0.1) is 5.82 Å². The summed E-state index contributed by atoms with van der Waals surface area (Å²) >= 11 is 0. The maximum Gasteiger partial charge on any atom is 0.404 e. The largest absolute Gasteiger partial charge is 0.489 e. The highest BCUT2D eigenvalue weighted by Crippen LogP contribution is 2.15. The minimum absolute atomic E-state index is 0.116. The normalized spacial score (nSPS) is 10.9. The third kappa shape index (κ3) is 5.90. The fraction of sp³-hybridized carbons (Fsp3) is 0.111. The zero-order chi connectivity index (χ0) is 18.9. The summed E-state index contributed by atoms with van der Waals surface area (Å²) in [6.07, 6.45) is -0.985. The molecule has 26 heavy (non-hydrogen) atoms. The van der Waals surface area contributed by atoms with Crippen molar-refractivity contribution in [1.82, 2.24) is 5.32 Å². The van der Waals surface area contributed by atoms with Gasteiger partial charge in [-0.2, -0.15) is 0 Å². The number of carbonyl (C=O) groups excluding carboxylic acids is 1. The smallest absolute Gasteiger partial charge is 0.404 e. The Balaban J connectivity index is 1.89. The monoisotopic (exact) mass is 362 g/mol. The molecule has 136 valence electrons. The predicted molar refractivity (Wildman–Crippen MR) is 91.5 cm³/mol. The van der Waals surface area contributed by atoms with Gasteiger partial charge in [-0.25, -0.2) is 13.6 Å². The van der Waals surface area contributed by atoms with E-state index in [1.165, 1.54) is 48.5 Å². The van der Waals surface area contributed by atoms with E-state index < -0.39 is 11.9 Å². The van der Waals surface area contributed by atoms with Crippen molar-refractivity contribution in [2.75, 3.05) is 18.5 Å². The van der Waals surface area contributed by atoms with Crippen LogP contribution < -0.4 is 15.4 Å². The quantitative estimate of drug-likeness (QED) is 0.703. The molecule has 0 fully saturated rings. The lowest BCUT2D eigenvalue weighted by Crippen LogP contribution is -2.25. The number of nitrogens with one attached hydrogen (secondary N) is 2. The van der Waals surface area contributed by atoms with Crippen LogP contribution in [0.3, 0.4) is 0 Å². The molecule has 0 atom stereocenters. The van der Waals surface area contributed by atoms with E-state index in [1.807, 2.05) is 5.32 Å². The summed E-state index contributed by atoms with van der Waals surface area (Å²) < 4.78 is 30.9. The topological polar surface area (TPSA) is 87.7 Å². The van der Waals surface area contributed by atoms with E-state index in [-0.39, 0.29) is 31.0 Å². The maximum absolute atomic E-state index is 12.8. The Morgan fingerprint density at radius 1 is 1.08 bits per heavy atom. The molecule has 0 spiro atoms. The Kier molecular flexibility index (Phi) is 6.67. The summed E-state index contributed by atoms with van der Waals surface area (Å²) in [6.45, 7) is -0.331. The average Bonchev–Trinajstić information content (AvgIpc) is 2.64. The number of halogens is 2. The van der Waals surface area contributed by atoms with Gasteiger partial charge in [0, 0.05) is 23.4 Å². The highest BCUT2D eigenvalue weighted by atomic mass is 19.1. The fourth-order valence-corrected chi connectivity index (χ4v) is 1.93. The first-order chi connectivity index (χ1) is 12.5. The van der Waals surface area contributed by atoms with E-state index in [0.717, 1.165) is 0 Å². The molecule has 2 amide bonds. The van der Waals surface area contributed by atoms with Crippen LogP contribution in [0.25, 0.3) is 0 Å². The summed E-state index contributed by atoms with van der Waals surface area (Å²) in [5.41, 5.74) is 0.932. The van der Waals surface area contributed by atoms with Gasteiger partial charge in [-0.3, -0.25) is 4.79 Å². The summed E-state index contributed by atoms with van der Waals surface area (Å²) in [5.74, 6) is -0.388. The second kappa shape index (κ2) is 9.16. The van der Waals surface area contributed by atoms with Gasteiger partial charge in [0.05, 0.1) is 6.33 Å². The third-order valence-electron chi connectivity index (χ3n) is 3.26. The number of ether oxygens (including phenoxy) is 1. The summed E-state index contributed by atoms with van der Waals surface area (Å²) in [4.78, 5) is 22.5. The highest BCUT2D eigenvalue weighted by Gasteiger charge is 2.07. The summed E-state index contributed by atoms with van der Waals surface area (Å²) in [6, 6.07) is 11.5. The van der Waals surface area contributed by atoms with Crippen molar-refractivity contribution in [3.8, 4) is 5.75 Å². The third-order valence-corrected chi connectivity index (χ3v) is 3.26. The number of anilines is 1. The van der Waals surface area contributed by atoms with Gasteiger partial charge in [0.2, 0.25) is 0 Å². The number of rotatable bonds is 7. The van der Waals surface area contributed by atoms with E-state index in [9.17, 15) is 18.4 Å². The van der Waals surface area contributed by atoms with Crippen LogP contribution in [0.1, 0.15) is 10.4 Å². The minimum atomic E-state index is -1.26. The Morgan fingerprint density at radius 2 is 1.73 bits per heavy atom. The van der Waals surface area contributed by atoms with Gasteiger partial charge in [0.25, 0.3) is 5.91 Å². The first kappa shape index (κ1) is 18.9. The number of amides is 2. The molecule has 0 aliphatic heterocycles. The Labute approximate surface area is 148 Å². The molecule has 2 rings (SSSR count). The lowest BCUT2D eigenvalue weighted by molar-refractivity contribution is 0.102. The van der Waals surface area contributed by atoms with E-state index >= 15 is 0 Å². The number of carboxylic acid groups (broad SMARTS) is 1. The van der Waals surface area contributed by atoms with Gasteiger partial charge in [-0.05, 0) is 48.5 Å². The van der Waals surface area contributed by atoms with Crippen LogP contribution in [0.4, 0.5) is 19.3 Å². The van der Waals surface area contributed by atoms with Crippen LogP contribution in [0.2, 0.25) is 0 Å². The Bertz CT molecular complexity index is 790. The molecule has 3 N–H and O–H groups in total. The lowest BCUT2D eigenvalue weighted by atomic mass is 10.2. The summed E-state index contributed by atoms with van der Waals surface area (Å²) in [5, 5.41) is 13.1. The van der Waals surface area contributed by atoms with Crippen LogP contribution in [0.5, 0.6) is 5.75 Å². The van der Waals surface area contributed by atoms with Crippen molar-refractivity contribution in [3.05, 3.63) is 71.8 Å². The predicted octanol–water partition coefficient (Wildman–Crippen LogP) is 3.58. The molecular weight excluding hydrogens is 346 g/mol. The SMILES string of the molecule is O=C(O)NC/C(=C\F)COc1ccc(C(=O)Nc2ccc(F)cc2)cc1. The molecule has 0 aromatic heterocycles. The van der Waals surface area contributed by atoms with Crippen molar-refractivity contribution in [2.45, 2.75) is 0 Å². The van der Waals surface area contributed by atoms with Crippen molar-refractivity contribution >= 4 is 17.7 Å². The zero-order valence-corrected chi connectivity index (χ0v) is 13.5. The first-order valence-electron chi connectivity index (χ1n) is 7.52. The molecule has 0 saturated heterocycles. The second-order valence-corrected chi connectivity index (χ2v) is 5.20.